The largest absolute Gasteiger partial charge is 0.310 e. The summed E-state index contributed by atoms with van der Waals surface area (Å²) < 4.78 is 0. The van der Waals surface area contributed by atoms with Gasteiger partial charge in [0.1, 0.15) is 0 Å². The fraction of sp³-hybridized carbons (Fsp3) is 0.667. The predicted octanol–water partition coefficient (Wildman–Crippen LogP) is 5.31. The summed E-state index contributed by atoms with van der Waals surface area (Å²) in [6, 6.07) is 11.5. The summed E-state index contributed by atoms with van der Waals surface area (Å²) in [5, 5.41) is 3.75. The lowest BCUT2D eigenvalue weighted by molar-refractivity contribution is 0.417. The van der Waals surface area contributed by atoms with Crippen LogP contribution in [-0.4, -0.2) is 6.04 Å². The lowest BCUT2D eigenvalue weighted by atomic mass is 10.0. The van der Waals surface area contributed by atoms with Gasteiger partial charge in [-0.1, -0.05) is 82.7 Å². The van der Waals surface area contributed by atoms with Crippen molar-refractivity contribution in [2.75, 3.05) is 0 Å². The molecular weight excluding hydrogens is 230 g/mol. The zero-order valence-corrected chi connectivity index (χ0v) is 12.8. The van der Waals surface area contributed by atoms with Crippen LogP contribution in [0.25, 0.3) is 0 Å². The van der Waals surface area contributed by atoms with Crippen LogP contribution in [0.4, 0.5) is 0 Å². The highest BCUT2D eigenvalue weighted by molar-refractivity contribution is 5.14. The average Bonchev–Trinajstić information content (AvgIpc) is 2.45. The van der Waals surface area contributed by atoms with Gasteiger partial charge in [-0.2, -0.15) is 0 Å². The monoisotopic (exact) mass is 261 g/mol. The highest BCUT2D eigenvalue weighted by atomic mass is 14.9. The van der Waals surface area contributed by atoms with Crippen molar-refractivity contribution < 1.29 is 0 Å². The maximum absolute atomic E-state index is 3.75. The third-order valence-corrected chi connectivity index (χ3v) is 3.75. The standard InChI is InChI=1S/C18H31N/c1-3-5-8-14-18(15-9-6-4-2)19-16-17-12-10-7-11-13-17/h7,10-13,18-19H,3-6,8-9,14-16H2,1-2H3. The zero-order chi connectivity index (χ0) is 13.8. The average molecular weight is 261 g/mol. The molecule has 0 heterocycles. The van der Waals surface area contributed by atoms with Crippen LogP contribution in [0.2, 0.25) is 0 Å². The van der Waals surface area contributed by atoms with Crippen LogP contribution in [0.15, 0.2) is 30.3 Å². The molecule has 0 amide bonds. The van der Waals surface area contributed by atoms with E-state index in [-0.39, 0.29) is 0 Å². The Kier molecular flexibility index (Phi) is 9.44. The first-order valence-electron chi connectivity index (χ1n) is 8.14. The number of rotatable bonds is 11. The van der Waals surface area contributed by atoms with Crippen LogP contribution < -0.4 is 5.32 Å². The molecule has 0 fully saturated rings. The van der Waals surface area contributed by atoms with Crippen molar-refractivity contribution in [2.45, 2.75) is 77.8 Å². The van der Waals surface area contributed by atoms with Crippen molar-refractivity contribution in [3.63, 3.8) is 0 Å². The molecule has 1 aromatic rings. The van der Waals surface area contributed by atoms with Crippen molar-refractivity contribution in [3.8, 4) is 0 Å². The lowest BCUT2D eigenvalue weighted by Gasteiger charge is -2.19. The second-order valence-corrected chi connectivity index (χ2v) is 5.55. The molecule has 0 aliphatic carbocycles. The Morgan fingerprint density at radius 2 is 1.42 bits per heavy atom. The molecule has 0 saturated carbocycles. The molecule has 19 heavy (non-hydrogen) atoms. The first-order valence-corrected chi connectivity index (χ1v) is 8.14. The highest BCUT2D eigenvalue weighted by Crippen LogP contribution is 2.12. The smallest absolute Gasteiger partial charge is 0.0208 e. The van der Waals surface area contributed by atoms with E-state index in [0.29, 0.717) is 6.04 Å². The summed E-state index contributed by atoms with van der Waals surface area (Å²) in [7, 11) is 0. The van der Waals surface area contributed by atoms with Gasteiger partial charge in [-0.25, -0.2) is 0 Å². The van der Waals surface area contributed by atoms with Gasteiger partial charge in [0.15, 0.2) is 0 Å². The Bertz CT molecular complexity index is 284. The number of unbranched alkanes of at least 4 members (excludes halogenated alkanes) is 4. The Morgan fingerprint density at radius 3 is 1.95 bits per heavy atom. The molecular formula is C18H31N. The molecule has 108 valence electrons. The number of benzene rings is 1. The number of hydrogen-bond donors (Lipinski definition) is 1. The van der Waals surface area contributed by atoms with Gasteiger partial charge in [0.05, 0.1) is 0 Å². The second-order valence-electron chi connectivity index (χ2n) is 5.55. The fourth-order valence-corrected chi connectivity index (χ4v) is 2.49. The van der Waals surface area contributed by atoms with E-state index in [1.807, 2.05) is 0 Å². The zero-order valence-electron chi connectivity index (χ0n) is 12.8. The normalized spacial score (nSPS) is 11.1. The molecule has 1 nitrogen and oxygen atoms in total. The molecule has 1 aromatic carbocycles. The van der Waals surface area contributed by atoms with E-state index in [4.69, 9.17) is 0 Å². The van der Waals surface area contributed by atoms with Crippen molar-refractivity contribution in [2.24, 2.45) is 0 Å². The van der Waals surface area contributed by atoms with Gasteiger partial charge >= 0.3 is 0 Å². The topological polar surface area (TPSA) is 12.0 Å². The van der Waals surface area contributed by atoms with Crippen LogP contribution in [0, 0.1) is 0 Å². The molecule has 0 aliphatic heterocycles. The predicted molar refractivity (Wildman–Crippen MR) is 85.4 cm³/mol. The minimum Gasteiger partial charge on any atom is -0.310 e. The maximum Gasteiger partial charge on any atom is 0.0208 e. The van der Waals surface area contributed by atoms with E-state index >= 15 is 0 Å². The first kappa shape index (κ1) is 16.2. The van der Waals surface area contributed by atoms with E-state index in [2.05, 4.69) is 49.5 Å². The summed E-state index contributed by atoms with van der Waals surface area (Å²) in [6.07, 6.45) is 10.8. The molecule has 0 aromatic heterocycles. The summed E-state index contributed by atoms with van der Waals surface area (Å²) in [5.74, 6) is 0. The van der Waals surface area contributed by atoms with Crippen LogP contribution in [-0.2, 0) is 6.54 Å². The molecule has 0 atom stereocenters. The van der Waals surface area contributed by atoms with E-state index in [0.717, 1.165) is 6.54 Å². The quantitative estimate of drug-likeness (QED) is 0.533. The third-order valence-electron chi connectivity index (χ3n) is 3.75. The molecule has 1 rings (SSSR count). The van der Waals surface area contributed by atoms with Crippen molar-refractivity contribution >= 4 is 0 Å². The number of nitrogens with one attached hydrogen (secondary N) is 1. The Morgan fingerprint density at radius 1 is 0.842 bits per heavy atom. The van der Waals surface area contributed by atoms with Crippen LogP contribution in [0.5, 0.6) is 0 Å². The second kappa shape index (κ2) is 11.0. The van der Waals surface area contributed by atoms with E-state index in [9.17, 15) is 0 Å². The highest BCUT2D eigenvalue weighted by Gasteiger charge is 2.07. The molecule has 0 saturated heterocycles. The van der Waals surface area contributed by atoms with Gasteiger partial charge in [0, 0.05) is 12.6 Å². The van der Waals surface area contributed by atoms with Gasteiger partial charge in [0.2, 0.25) is 0 Å². The summed E-state index contributed by atoms with van der Waals surface area (Å²) in [6.45, 7) is 5.58. The molecule has 0 bridgehead atoms. The first-order chi connectivity index (χ1) is 9.36. The van der Waals surface area contributed by atoms with Crippen LogP contribution in [0.1, 0.15) is 70.8 Å². The van der Waals surface area contributed by atoms with Gasteiger partial charge < -0.3 is 5.32 Å². The van der Waals surface area contributed by atoms with Gasteiger partial charge in [-0.3, -0.25) is 0 Å². The maximum atomic E-state index is 3.75. The molecule has 0 radical (unpaired) electrons. The van der Waals surface area contributed by atoms with Crippen LogP contribution in [0.3, 0.4) is 0 Å². The summed E-state index contributed by atoms with van der Waals surface area (Å²) in [4.78, 5) is 0. The molecule has 0 aliphatic rings. The van der Waals surface area contributed by atoms with E-state index in [1.54, 1.807) is 0 Å². The minimum atomic E-state index is 0.707. The molecule has 1 heteroatoms. The summed E-state index contributed by atoms with van der Waals surface area (Å²) >= 11 is 0. The van der Waals surface area contributed by atoms with Gasteiger partial charge in [0.25, 0.3) is 0 Å². The molecule has 0 unspecified atom stereocenters. The van der Waals surface area contributed by atoms with E-state index < -0.39 is 0 Å². The summed E-state index contributed by atoms with van der Waals surface area (Å²) in [5.41, 5.74) is 1.40. The third kappa shape index (κ3) is 8.05. The molecule has 1 N–H and O–H groups in total. The molecule has 0 spiro atoms. The SMILES string of the molecule is CCCCCC(CCCCC)NCc1ccccc1. The Balaban J connectivity index is 2.30. The van der Waals surface area contributed by atoms with Gasteiger partial charge in [-0.15, -0.1) is 0 Å². The minimum absolute atomic E-state index is 0.707. The lowest BCUT2D eigenvalue weighted by Crippen LogP contribution is -2.28. The van der Waals surface area contributed by atoms with Crippen molar-refractivity contribution in [1.29, 1.82) is 0 Å². The van der Waals surface area contributed by atoms with Crippen LogP contribution >= 0.6 is 0 Å². The van der Waals surface area contributed by atoms with Crippen molar-refractivity contribution in [1.82, 2.24) is 5.32 Å². The fourth-order valence-electron chi connectivity index (χ4n) is 2.49. The number of hydrogen-bond acceptors (Lipinski definition) is 1. The van der Waals surface area contributed by atoms with Crippen molar-refractivity contribution in [3.05, 3.63) is 35.9 Å². The Labute approximate surface area is 119 Å². The van der Waals surface area contributed by atoms with Gasteiger partial charge in [-0.05, 0) is 18.4 Å². The van der Waals surface area contributed by atoms with E-state index in [1.165, 1.54) is 56.9 Å². The Hall–Kier alpha value is -0.820.